The van der Waals surface area contributed by atoms with Crippen LogP contribution >= 0.6 is 0 Å². The van der Waals surface area contributed by atoms with Gasteiger partial charge in [0, 0.05) is 25.6 Å². The molecule has 0 bridgehead atoms. The van der Waals surface area contributed by atoms with Gasteiger partial charge in [0.25, 0.3) is 0 Å². The molecule has 0 unspecified atom stereocenters. The summed E-state index contributed by atoms with van der Waals surface area (Å²) in [5, 5.41) is 6.40. The molecule has 102 valence electrons. The van der Waals surface area contributed by atoms with E-state index in [1.807, 2.05) is 18.2 Å². The molecule has 0 aliphatic carbocycles. The summed E-state index contributed by atoms with van der Waals surface area (Å²) in [5.41, 5.74) is 5.68. The molecule has 0 saturated carbocycles. The third-order valence-corrected chi connectivity index (χ3v) is 2.56. The summed E-state index contributed by atoms with van der Waals surface area (Å²) < 4.78 is 5.26. The molecule has 4 N–H and O–H groups in total. The molecule has 0 atom stereocenters. The van der Waals surface area contributed by atoms with Crippen LogP contribution in [0.25, 0.3) is 0 Å². The van der Waals surface area contributed by atoms with E-state index in [1.165, 1.54) is 0 Å². The van der Waals surface area contributed by atoms with E-state index in [-0.39, 0.29) is 5.95 Å². The smallest absolute Gasteiger partial charge is 0.223 e. The van der Waals surface area contributed by atoms with Crippen LogP contribution < -0.4 is 16.4 Å². The first-order valence-corrected chi connectivity index (χ1v) is 6.42. The summed E-state index contributed by atoms with van der Waals surface area (Å²) in [4.78, 5) is 8.27. The Balaban J connectivity index is 1.90. The zero-order valence-corrected chi connectivity index (χ0v) is 11.0. The number of hydrogen-bond donors (Lipinski definition) is 3. The van der Waals surface area contributed by atoms with E-state index in [0.29, 0.717) is 0 Å². The Kier molecular flexibility index (Phi) is 4.60. The van der Waals surface area contributed by atoms with E-state index in [2.05, 4.69) is 27.5 Å². The topological polar surface area (TPSA) is 89.0 Å². The van der Waals surface area contributed by atoms with E-state index >= 15 is 0 Å². The number of nitrogen functional groups attached to an aromatic ring is 1. The van der Waals surface area contributed by atoms with Crippen LogP contribution in [-0.2, 0) is 6.42 Å². The molecule has 19 heavy (non-hydrogen) atoms. The second kappa shape index (κ2) is 6.63. The third kappa shape index (κ3) is 4.17. The molecule has 0 radical (unpaired) electrons. The Bertz CT molecular complexity index is 498. The van der Waals surface area contributed by atoms with Crippen molar-refractivity contribution in [1.29, 1.82) is 0 Å². The fourth-order valence-electron chi connectivity index (χ4n) is 1.67. The number of rotatable bonds is 7. The van der Waals surface area contributed by atoms with E-state index < -0.39 is 0 Å². The molecule has 0 spiro atoms. The first-order valence-electron chi connectivity index (χ1n) is 6.42. The van der Waals surface area contributed by atoms with Gasteiger partial charge < -0.3 is 20.8 Å². The monoisotopic (exact) mass is 261 g/mol. The molecular formula is C13H19N5O. The van der Waals surface area contributed by atoms with E-state index in [1.54, 1.807) is 6.26 Å². The van der Waals surface area contributed by atoms with Crippen molar-refractivity contribution in [2.75, 3.05) is 29.5 Å². The first kappa shape index (κ1) is 13.2. The molecule has 2 rings (SSSR count). The zero-order valence-electron chi connectivity index (χ0n) is 11.0. The second-order valence-corrected chi connectivity index (χ2v) is 4.18. The Labute approximate surface area is 112 Å². The van der Waals surface area contributed by atoms with Crippen molar-refractivity contribution >= 4 is 17.6 Å². The summed E-state index contributed by atoms with van der Waals surface area (Å²) in [5.74, 6) is 2.67. The fourth-order valence-corrected chi connectivity index (χ4v) is 1.67. The van der Waals surface area contributed by atoms with Gasteiger partial charge >= 0.3 is 0 Å². The maximum atomic E-state index is 5.68. The average molecular weight is 261 g/mol. The Morgan fingerprint density at radius 2 is 1.95 bits per heavy atom. The summed E-state index contributed by atoms with van der Waals surface area (Å²) in [6.07, 6.45) is 3.50. The average Bonchev–Trinajstić information content (AvgIpc) is 2.89. The molecule has 0 aromatic carbocycles. The van der Waals surface area contributed by atoms with Crippen molar-refractivity contribution in [3.05, 3.63) is 30.2 Å². The molecular weight excluding hydrogens is 242 g/mol. The highest BCUT2D eigenvalue weighted by molar-refractivity contribution is 5.50. The van der Waals surface area contributed by atoms with Gasteiger partial charge in [-0.25, -0.2) is 0 Å². The Morgan fingerprint density at radius 1 is 1.21 bits per heavy atom. The van der Waals surface area contributed by atoms with Crippen LogP contribution in [0, 0.1) is 0 Å². The number of nitrogens with one attached hydrogen (secondary N) is 2. The van der Waals surface area contributed by atoms with Crippen LogP contribution in [-0.4, -0.2) is 23.1 Å². The molecule has 0 aliphatic heterocycles. The summed E-state index contributed by atoms with van der Waals surface area (Å²) in [6, 6.07) is 5.68. The third-order valence-electron chi connectivity index (χ3n) is 2.56. The van der Waals surface area contributed by atoms with Crippen molar-refractivity contribution in [2.24, 2.45) is 0 Å². The SMILES string of the molecule is CCCNc1cc(NCCc2ccco2)nc(N)n1. The number of furan rings is 1. The van der Waals surface area contributed by atoms with Crippen LogP contribution in [0.15, 0.2) is 28.9 Å². The van der Waals surface area contributed by atoms with E-state index in [4.69, 9.17) is 10.2 Å². The molecule has 6 heteroatoms. The minimum absolute atomic E-state index is 0.265. The number of hydrogen-bond acceptors (Lipinski definition) is 6. The van der Waals surface area contributed by atoms with Crippen LogP contribution in [0.1, 0.15) is 19.1 Å². The summed E-state index contributed by atoms with van der Waals surface area (Å²) >= 11 is 0. The van der Waals surface area contributed by atoms with Gasteiger partial charge in [-0.3, -0.25) is 0 Å². The molecule has 2 aromatic heterocycles. The molecule has 0 aliphatic rings. The lowest BCUT2D eigenvalue weighted by Crippen LogP contribution is -2.10. The first-order chi connectivity index (χ1) is 9.28. The number of anilines is 3. The quantitative estimate of drug-likeness (QED) is 0.707. The highest BCUT2D eigenvalue weighted by Gasteiger charge is 2.02. The molecule has 6 nitrogen and oxygen atoms in total. The van der Waals surface area contributed by atoms with Crippen molar-refractivity contribution < 1.29 is 4.42 Å². The van der Waals surface area contributed by atoms with Gasteiger partial charge in [0.1, 0.15) is 17.4 Å². The Morgan fingerprint density at radius 3 is 2.58 bits per heavy atom. The van der Waals surface area contributed by atoms with Crippen LogP contribution in [0.5, 0.6) is 0 Å². The van der Waals surface area contributed by atoms with Gasteiger partial charge in [-0.2, -0.15) is 9.97 Å². The number of nitrogens with zero attached hydrogens (tertiary/aromatic N) is 2. The standard InChI is InChI=1S/C13H19N5O/c1-2-6-15-11-9-12(18-13(14)17-11)16-7-5-10-4-3-8-19-10/h3-4,8-9H,2,5-7H2,1H3,(H4,14,15,16,17,18). The molecule has 0 fully saturated rings. The highest BCUT2D eigenvalue weighted by Crippen LogP contribution is 2.12. The largest absolute Gasteiger partial charge is 0.469 e. The van der Waals surface area contributed by atoms with E-state index in [9.17, 15) is 0 Å². The minimum atomic E-state index is 0.265. The normalized spacial score (nSPS) is 10.4. The lowest BCUT2D eigenvalue weighted by molar-refractivity contribution is 0.513. The molecule has 2 aromatic rings. The molecule has 2 heterocycles. The van der Waals surface area contributed by atoms with Gasteiger partial charge in [0.05, 0.1) is 6.26 Å². The van der Waals surface area contributed by atoms with Crippen LogP contribution in [0.3, 0.4) is 0 Å². The van der Waals surface area contributed by atoms with Gasteiger partial charge in [-0.05, 0) is 18.6 Å². The van der Waals surface area contributed by atoms with Gasteiger partial charge in [0.2, 0.25) is 5.95 Å². The molecule has 0 amide bonds. The van der Waals surface area contributed by atoms with E-state index in [0.717, 1.165) is 43.3 Å². The Hall–Kier alpha value is -2.24. The van der Waals surface area contributed by atoms with Crippen molar-refractivity contribution in [3.63, 3.8) is 0 Å². The van der Waals surface area contributed by atoms with Gasteiger partial charge in [-0.15, -0.1) is 0 Å². The maximum absolute atomic E-state index is 5.68. The zero-order chi connectivity index (χ0) is 13.5. The predicted octanol–water partition coefficient (Wildman–Crippen LogP) is 2.13. The minimum Gasteiger partial charge on any atom is -0.469 e. The van der Waals surface area contributed by atoms with Crippen LogP contribution in [0.2, 0.25) is 0 Å². The lowest BCUT2D eigenvalue weighted by Gasteiger charge is -2.08. The number of aromatic nitrogens is 2. The van der Waals surface area contributed by atoms with Crippen molar-refractivity contribution in [1.82, 2.24) is 9.97 Å². The maximum Gasteiger partial charge on any atom is 0.223 e. The lowest BCUT2D eigenvalue weighted by atomic mass is 10.3. The predicted molar refractivity (Wildman–Crippen MR) is 76.1 cm³/mol. The van der Waals surface area contributed by atoms with Gasteiger partial charge in [0.15, 0.2) is 0 Å². The highest BCUT2D eigenvalue weighted by atomic mass is 16.3. The van der Waals surface area contributed by atoms with Crippen LogP contribution in [0.4, 0.5) is 17.6 Å². The second-order valence-electron chi connectivity index (χ2n) is 4.18. The summed E-state index contributed by atoms with van der Waals surface area (Å²) in [7, 11) is 0. The van der Waals surface area contributed by atoms with Gasteiger partial charge in [-0.1, -0.05) is 6.92 Å². The number of nitrogens with two attached hydrogens (primary N) is 1. The summed E-state index contributed by atoms with van der Waals surface area (Å²) in [6.45, 7) is 3.69. The fraction of sp³-hybridized carbons (Fsp3) is 0.385. The molecule has 0 saturated heterocycles. The van der Waals surface area contributed by atoms with Crippen molar-refractivity contribution in [3.8, 4) is 0 Å². The van der Waals surface area contributed by atoms with Crippen molar-refractivity contribution in [2.45, 2.75) is 19.8 Å².